The Labute approximate surface area is 342 Å². The largest absolute Gasteiger partial charge is 0.444 e. The van der Waals surface area contributed by atoms with Crippen molar-refractivity contribution in [3.05, 3.63) is 123 Å². The summed E-state index contributed by atoms with van der Waals surface area (Å²) in [5.41, 5.74) is 5.82. The Morgan fingerprint density at radius 1 is 0.860 bits per heavy atom. The zero-order chi connectivity index (χ0) is 40.0. The standard InChI is InChI=1S/C42H53N9O4S2/c1-30(2)40-46-35(27-56-40)24-49(3)41(53)48-38(16-17-50-18-19-51-28-43-22-36(51)25-50)39(52)45-33(20-31-10-6-4-7-11-31)14-15-34(21-32-12-8-5-9-13-32)47-42(54)55-26-37-23-44-29-57-37/h4-13,22-23,27-30,33-34,38H,14-21,24-26H2,1-3H3,(H,45,52)(H,47,54)(H,48,53). The maximum atomic E-state index is 14.4. The third-order valence-electron chi connectivity index (χ3n) is 10.0. The van der Waals surface area contributed by atoms with Crippen molar-refractivity contribution in [3.63, 3.8) is 0 Å². The average molecular weight is 812 g/mol. The van der Waals surface area contributed by atoms with Crippen LogP contribution in [0.15, 0.2) is 90.3 Å². The third-order valence-corrected chi connectivity index (χ3v) is 12.0. The van der Waals surface area contributed by atoms with Crippen LogP contribution in [0.4, 0.5) is 9.59 Å². The number of rotatable bonds is 19. The van der Waals surface area contributed by atoms with E-state index < -0.39 is 12.1 Å². The lowest BCUT2D eigenvalue weighted by Crippen LogP contribution is -2.53. The second-order valence-electron chi connectivity index (χ2n) is 14.9. The first-order chi connectivity index (χ1) is 27.7. The van der Waals surface area contributed by atoms with Crippen LogP contribution in [0.3, 0.4) is 0 Å². The van der Waals surface area contributed by atoms with Crippen LogP contribution in [-0.2, 0) is 48.6 Å². The highest BCUT2D eigenvalue weighted by atomic mass is 32.1. The van der Waals surface area contributed by atoms with Crippen LogP contribution in [0.2, 0.25) is 0 Å². The Balaban J connectivity index is 1.15. The molecule has 1 aliphatic rings. The van der Waals surface area contributed by atoms with Gasteiger partial charge < -0.3 is 30.2 Å². The van der Waals surface area contributed by atoms with Crippen molar-refractivity contribution in [1.29, 1.82) is 0 Å². The molecule has 6 rings (SSSR count). The van der Waals surface area contributed by atoms with Crippen molar-refractivity contribution < 1.29 is 19.1 Å². The minimum Gasteiger partial charge on any atom is -0.444 e. The second kappa shape index (κ2) is 20.9. The number of hydrogen-bond donors (Lipinski definition) is 3. The van der Waals surface area contributed by atoms with Crippen LogP contribution in [0.25, 0.3) is 0 Å². The molecule has 0 saturated heterocycles. The number of fused-ring (bicyclic) bond motifs is 1. The van der Waals surface area contributed by atoms with Gasteiger partial charge in [-0.2, -0.15) is 0 Å². The number of nitrogens with zero attached hydrogens (tertiary/aromatic N) is 6. The van der Waals surface area contributed by atoms with Crippen molar-refractivity contribution in [1.82, 2.24) is 45.3 Å². The van der Waals surface area contributed by atoms with Gasteiger partial charge >= 0.3 is 12.1 Å². The van der Waals surface area contributed by atoms with Gasteiger partial charge in [-0.3, -0.25) is 14.7 Å². The van der Waals surface area contributed by atoms with Gasteiger partial charge in [-0.1, -0.05) is 74.5 Å². The van der Waals surface area contributed by atoms with Gasteiger partial charge in [0.25, 0.3) is 0 Å². The molecule has 1 aliphatic heterocycles. The Hall–Kier alpha value is -5.12. The lowest BCUT2D eigenvalue weighted by atomic mass is 9.95. The van der Waals surface area contributed by atoms with Gasteiger partial charge in [0.1, 0.15) is 12.6 Å². The summed E-state index contributed by atoms with van der Waals surface area (Å²) < 4.78 is 7.69. The Morgan fingerprint density at radius 2 is 1.56 bits per heavy atom. The molecule has 0 spiro atoms. The fourth-order valence-electron chi connectivity index (χ4n) is 6.85. The molecule has 3 aromatic heterocycles. The Kier molecular flexibility index (Phi) is 15.2. The van der Waals surface area contributed by atoms with Crippen molar-refractivity contribution in [2.24, 2.45) is 0 Å². The fourth-order valence-corrected chi connectivity index (χ4v) is 8.19. The summed E-state index contributed by atoms with van der Waals surface area (Å²) in [6.07, 6.45) is 7.68. The molecular weight excluding hydrogens is 759 g/mol. The molecule has 0 aliphatic carbocycles. The number of hydrogen-bond acceptors (Lipinski definition) is 10. The number of amides is 4. The number of alkyl carbamates (subject to hydrolysis) is 1. The Bertz CT molecular complexity index is 1990. The minimum atomic E-state index is -0.785. The molecule has 0 saturated carbocycles. The van der Waals surface area contributed by atoms with E-state index in [0.717, 1.165) is 52.0 Å². The Morgan fingerprint density at radius 3 is 2.21 bits per heavy atom. The maximum absolute atomic E-state index is 14.4. The average Bonchev–Trinajstić information content (AvgIpc) is 4.01. The van der Waals surface area contributed by atoms with Crippen molar-refractivity contribution in [2.45, 2.75) is 96.2 Å². The van der Waals surface area contributed by atoms with Crippen LogP contribution >= 0.6 is 22.7 Å². The molecule has 4 amide bonds. The van der Waals surface area contributed by atoms with E-state index in [1.54, 1.807) is 35.0 Å². The van der Waals surface area contributed by atoms with E-state index in [4.69, 9.17) is 9.72 Å². The number of carbonyl (C=O) groups excluding carboxylic acids is 3. The summed E-state index contributed by atoms with van der Waals surface area (Å²) in [6, 6.07) is 18.4. The first-order valence-corrected chi connectivity index (χ1v) is 21.3. The normalized spacial score (nSPS) is 14.3. The molecule has 3 atom stereocenters. The van der Waals surface area contributed by atoms with Crippen molar-refractivity contribution >= 4 is 40.7 Å². The highest BCUT2D eigenvalue weighted by Gasteiger charge is 2.28. The van der Waals surface area contributed by atoms with Crippen LogP contribution in [0, 0.1) is 0 Å². The second-order valence-corrected chi connectivity index (χ2v) is 16.7. The molecule has 2 aromatic carbocycles. The highest BCUT2D eigenvalue weighted by molar-refractivity contribution is 7.09. The summed E-state index contributed by atoms with van der Waals surface area (Å²) in [5, 5.41) is 12.5. The smallest absolute Gasteiger partial charge is 0.407 e. The van der Waals surface area contributed by atoms with E-state index >= 15 is 0 Å². The van der Waals surface area contributed by atoms with Gasteiger partial charge in [-0.25, -0.2) is 19.6 Å². The van der Waals surface area contributed by atoms with E-state index in [1.807, 2.05) is 78.6 Å². The van der Waals surface area contributed by atoms with E-state index in [9.17, 15) is 14.4 Å². The number of aromatic nitrogens is 4. The number of imidazole rings is 1. The molecule has 4 heterocycles. The molecule has 3 N–H and O–H groups in total. The number of carbonyl (C=O) groups is 3. The molecule has 0 bridgehead atoms. The molecular formula is C42H53N9O4S2. The zero-order valence-electron chi connectivity index (χ0n) is 32.9. The predicted octanol–water partition coefficient (Wildman–Crippen LogP) is 6.38. The number of ether oxygens (including phenoxy) is 1. The van der Waals surface area contributed by atoms with Gasteiger partial charge in [-0.15, -0.1) is 22.7 Å². The molecule has 57 heavy (non-hydrogen) atoms. The monoisotopic (exact) mass is 811 g/mol. The summed E-state index contributed by atoms with van der Waals surface area (Å²) >= 11 is 3.02. The number of nitrogens with one attached hydrogen (secondary N) is 3. The predicted molar refractivity (Wildman–Crippen MR) is 223 cm³/mol. The van der Waals surface area contributed by atoms with Gasteiger partial charge in [0.15, 0.2) is 0 Å². The van der Waals surface area contributed by atoms with Gasteiger partial charge in [-0.05, 0) is 43.2 Å². The lowest BCUT2D eigenvalue weighted by molar-refractivity contribution is -0.124. The van der Waals surface area contributed by atoms with Crippen LogP contribution < -0.4 is 16.0 Å². The van der Waals surface area contributed by atoms with Gasteiger partial charge in [0.05, 0.1) is 39.7 Å². The molecule has 3 unspecified atom stereocenters. The molecule has 15 heteroatoms. The molecule has 0 fully saturated rings. The SMILES string of the molecule is CC(C)c1nc(CN(C)C(=O)NC(CCN2CCn3cncc3C2)C(=O)NC(CCC(Cc2ccccc2)NC(=O)OCc2cncs2)Cc2ccccc2)cs1. The van der Waals surface area contributed by atoms with E-state index in [2.05, 4.69) is 49.2 Å². The summed E-state index contributed by atoms with van der Waals surface area (Å²) in [4.78, 5) is 58.9. The number of thiazole rings is 2. The zero-order valence-corrected chi connectivity index (χ0v) is 34.5. The van der Waals surface area contributed by atoms with Crippen molar-refractivity contribution in [3.8, 4) is 0 Å². The van der Waals surface area contributed by atoms with Crippen molar-refractivity contribution in [2.75, 3.05) is 20.1 Å². The molecule has 302 valence electrons. The van der Waals surface area contributed by atoms with Gasteiger partial charge in [0.2, 0.25) is 5.91 Å². The lowest BCUT2D eigenvalue weighted by Gasteiger charge is -2.31. The van der Waals surface area contributed by atoms with E-state index in [1.165, 1.54) is 11.3 Å². The maximum Gasteiger partial charge on any atom is 0.407 e. The van der Waals surface area contributed by atoms with Crippen LogP contribution in [0.1, 0.15) is 71.4 Å². The summed E-state index contributed by atoms with van der Waals surface area (Å²) in [5.74, 6) is 0.0626. The first-order valence-electron chi connectivity index (χ1n) is 19.5. The first kappa shape index (κ1) is 41.5. The molecule has 5 aromatic rings. The van der Waals surface area contributed by atoms with E-state index in [-0.39, 0.29) is 30.6 Å². The molecule has 0 radical (unpaired) electrons. The number of benzene rings is 2. The third kappa shape index (κ3) is 13.0. The fraction of sp³-hybridized carbons (Fsp3) is 0.429. The van der Waals surface area contributed by atoms with Crippen LogP contribution in [0.5, 0.6) is 0 Å². The van der Waals surface area contributed by atoms with Gasteiger partial charge in [0, 0.05) is 69.0 Å². The highest BCUT2D eigenvalue weighted by Crippen LogP contribution is 2.20. The number of urea groups is 1. The minimum absolute atomic E-state index is 0.146. The van der Waals surface area contributed by atoms with E-state index in [0.29, 0.717) is 51.1 Å². The quantitative estimate of drug-likeness (QED) is 0.0872. The summed E-state index contributed by atoms with van der Waals surface area (Å²) in [6.45, 7) is 7.67. The van der Waals surface area contributed by atoms with Crippen LogP contribution in [-0.4, -0.2) is 85.6 Å². The topological polar surface area (TPSA) is 147 Å². The molecule has 13 nitrogen and oxygen atoms in total. The summed E-state index contributed by atoms with van der Waals surface area (Å²) in [7, 11) is 1.73.